The lowest BCUT2D eigenvalue weighted by molar-refractivity contribution is -0.0757. The molecule has 0 aliphatic heterocycles. The highest BCUT2D eigenvalue weighted by molar-refractivity contribution is 5.04. The van der Waals surface area contributed by atoms with Gasteiger partial charge in [-0.15, -0.1) is 0 Å². The van der Waals surface area contributed by atoms with Crippen molar-refractivity contribution < 1.29 is 5.11 Å². The van der Waals surface area contributed by atoms with Crippen molar-refractivity contribution in [2.24, 2.45) is 5.41 Å². The molecule has 3 N–H and O–H groups in total. The van der Waals surface area contributed by atoms with E-state index in [4.69, 9.17) is 0 Å². The zero-order valence-corrected chi connectivity index (χ0v) is 9.49. The zero-order valence-electron chi connectivity index (χ0n) is 9.49. The highest BCUT2D eigenvalue weighted by atomic mass is 16.3. The Bertz CT molecular complexity index is 321. The number of hydrogen-bond acceptors (Lipinski definition) is 3. The Balaban J connectivity index is 1.94. The summed E-state index contributed by atoms with van der Waals surface area (Å²) in [6.45, 7) is 6.26. The Kier molecular flexibility index (Phi) is 2.56. The molecule has 15 heavy (non-hydrogen) atoms. The minimum Gasteiger partial charge on any atom is -0.392 e. The lowest BCUT2D eigenvalue weighted by Crippen LogP contribution is -2.60. The maximum Gasteiger partial charge on any atom is 0.122 e. The van der Waals surface area contributed by atoms with E-state index < -0.39 is 0 Å². The van der Waals surface area contributed by atoms with Crippen LogP contribution in [-0.2, 0) is 0 Å². The number of H-pyrrole nitrogens is 1. The minimum absolute atomic E-state index is 0.0269. The molecule has 1 aromatic rings. The second-order valence-corrected chi connectivity index (χ2v) is 4.99. The number of nitrogens with zero attached hydrogens (tertiary/aromatic N) is 1. The second-order valence-electron chi connectivity index (χ2n) is 4.99. The molecule has 4 heteroatoms. The van der Waals surface area contributed by atoms with Crippen molar-refractivity contribution in [3.8, 4) is 0 Å². The summed E-state index contributed by atoms with van der Waals surface area (Å²) in [5, 5.41) is 13.1. The molecule has 1 heterocycles. The minimum atomic E-state index is -0.182. The van der Waals surface area contributed by atoms with Crippen LogP contribution in [0.4, 0.5) is 0 Å². The quantitative estimate of drug-likeness (QED) is 0.701. The van der Waals surface area contributed by atoms with Crippen molar-refractivity contribution in [1.29, 1.82) is 0 Å². The molecule has 0 aromatic carbocycles. The van der Waals surface area contributed by atoms with Gasteiger partial charge in [0.05, 0.1) is 12.1 Å². The first-order valence-electron chi connectivity index (χ1n) is 5.45. The number of aromatic nitrogens is 2. The number of aromatic amines is 1. The van der Waals surface area contributed by atoms with E-state index >= 15 is 0 Å². The molecule has 0 saturated heterocycles. The van der Waals surface area contributed by atoms with Gasteiger partial charge in [0.15, 0.2) is 0 Å². The molecule has 1 aromatic heterocycles. The summed E-state index contributed by atoms with van der Waals surface area (Å²) in [5.74, 6) is 0.951. The Labute approximate surface area is 90.1 Å². The van der Waals surface area contributed by atoms with E-state index in [1.165, 1.54) is 0 Å². The average Bonchev–Trinajstić information content (AvgIpc) is 2.70. The molecule has 1 aliphatic carbocycles. The summed E-state index contributed by atoms with van der Waals surface area (Å²) in [5.41, 5.74) is -0.0269. The lowest BCUT2D eigenvalue weighted by atomic mass is 9.64. The summed E-state index contributed by atoms with van der Waals surface area (Å²) in [6, 6.07) is 0.573. The van der Waals surface area contributed by atoms with Crippen LogP contribution in [0.5, 0.6) is 0 Å². The van der Waals surface area contributed by atoms with Gasteiger partial charge in [-0.1, -0.05) is 13.8 Å². The predicted molar refractivity (Wildman–Crippen MR) is 58.3 cm³/mol. The van der Waals surface area contributed by atoms with E-state index in [1.54, 1.807) is 6.20 Å². The summed E-state index contributed by atoms with van der Waals surface area (Å²) in [6.07, 6.45) is 4.24. The van der Waals surface area contributed by atoms with Gasteiger partial charge in [-0.05, 0) is 13.3 Å². The molecule has 0 spiro atoms. The molecule has 1 fully saturated rings. The van der Waals surface area contributed by atoms with Crippen LogP contribution in [0.25, 0.3) is 0 Å². The number of imidazole rings is 1. The normalized spacial score (nSPS) is 30.9. The summed E-state index contributed by atoms with van der Waals surface area (Å²) in [7, 11) is 0. The molecule has 1 saturated carbocycles. The Morgan fingerprint density at radius 1 is 1.67 bits per heavy atom. The maximum atomic E-state index is 9.63. The van der Waals surface area contributed by atoms with Gasteiger partial charge in [0.1, 0.15) is 5.82 Å². The van der Waals surface area contributed by atoms with Gasteiger partial charge < -0.3 is 15.4 Å². The van der Waals surface area contributed by atoms with Crippen LogP contribution in [-0.4, -0.2) is 27.2 Å². The molecular weight excluding hydrogens is 190 g/mol. The molecule has 0 bridgehead atoms. The number of aliphatic hydroxyl groups is 1. The fourth-order valence-corrected chi connectivity index (χ4v) is 2.08. The van der Waals surface area contributed by atoms with Crippen molar-refractivity contribution in [3.63, 3.8) is 0 Å². The highest BCUT2D eigenvalue weighted by Gasteiger charge is 2.47. The predicted octanol–water partition coefficient (Wildman–Crippen LogP) is 1.22. The highest BCUT2D eigenvalue weighted by Crippen LogP contribution is 2.41. The van der Waals surface area contributed by atoms with Crippen LogP contribution < -0.4 is 5.32 Å². The molecule has 0 amide bonds. The molecule has 3 atom stereocenters. The van der Waals surface area contributed by atoms with Crippen LogP contribution >= 0.6 is 0 Å². The topological polar surface area (TPSA) is 60.9 Å². The molecule has 84 valence electrons. The summed E-state index contributed by atoms with van der Waals surface area (Å²) in [4.78, 5) is 7.31. The number of hydrogen-bond donors (Lipinski definition) is 3. The standard InChI is InChI=1S/C11H19N3O/c1-7(10-12-4-5-13-10)14-8-6-9(15)11(8,2)3/h4-5,7-9,14-15H,6H2,1-3H3,(H,12,13). The van der Waals surface area contributed by atoms with Crippen LogP contribution in [0.1, 0.15) is 39.1 Å². The van der Waals surface area contributed by atoms with Gasteiger partial charge >= 0.3 is 0 Å². The number of rotatable bonds is 3. The average molecular weight is 209 g/mol. The van der Waals surface area contributed by atoms with E-state index in [1.807, 2.05) is 6.20 Å². The third-order valence-corrected chi connectivity index (χ3v) is 3.60. The molecule has 1 aliphatic rings. The first-order valence-corrected chi connectivity index (χ1v) is 5.45. The smallest absolute Gasteiger partial charge is 0.122 e. The monoisotopic (exact) mass is 209 g/mol. The number of nitrogens with one attached hydrogen (secondary N) is 2. The second kappa shape index (κ2) is 3.61. The molecule has 3 unspecified atom stereocenters. The van der Waals surface area contributed by atoms with E-state index in [0.717, 1.165) is 12.2 Å². The summed E-state index contributed by atoms with van der Waals surface area (Å²) >= 11 is 0. The van der Waals surface area contributed by atoms with Crippen molar-refractivity contribution in [3.05, 3.63) is 18.2 Å². The van der Waals surface area contributed by atoms with Crippen LogP contribution in [0.15, 0.2) is 12.4 Å². The molecule has 4 nitrogen and oxygen atoms in total. The van der Waals surface area contributed by atoms with Crippen molar-refractivity contribution in [1.82, 2.24) is 15.3 Å². The van der Waals surface area contributed by atoms with Crippen molar-refractivity contribution >= 4 is 0 Å². The molecule has 0 radical (unpaired) electrons. The number of aliphatic hydroxyl groups excluding tert-OH is 1. The van der Waals surface area contributed by atoms with Gasteiger partial charge in [-0.2, -0.15) is 0 Å². The SMILES string of the molecule is CC(NC1CC(O)C1(C)C)c1ncc[nH]1. The maximum absolute atomic E-state index is 9.63. The van der Waals surface area contributed by atoms with E-state index in [-0.39, 0.29) is 17.6 Å². The Hall–Kier alpha value is -0.870. The first kappa shape index (κ1) is 10.6. The zero-order chi connectivity index (χ0) is 11.1. The Morgan fingerprint density at radius 2 is 2.40 bits per heavy atom. The first-order chi connectivity index (χ1) is 7.01. The fourth-order valence-electron chi connectivity index (χ4n) is 2.08. The van der Waals surface area contributed by atoms with Crippen LogP contribution in [0, 0.1) is 5.41 Å². The van der Waals surface area contributed by atoms with Gasteiger partial charge in [0.25, 0.3) is 0 Å². The summed E-state index contributed by atoms with van der Waals surface area (Å²) < 4.78 is 0. The molecule has 2 rings (SSSR count). The van der Waals surface area contributed by atoms with E-state index in [2.05, 4.69) is 36.1 Å². The van der Waals surface area contributed by atoms with Crippen molar-refractivity contribution in [2.45, 2.75) is 45.4 Å². The van der Waals surface area contributed by atoms with Gasteiger partial charge in [0, 0.05) is 23.9 Å². The third-order valence-electron chi connectivity index (χ3n) is 3.60. The fraction of sp³-hybridized carbons (Fsp3) is 0.727. The third kappa shape index (κ3) is 1.79. The van der Waals surface area contributed by atoms with E-state index in [9.17, 15) is 5.11 Å². The van der Waals surface area contributed by atoms with Crippen LogP contribution in [0.3, 0.4) is 0 Å². The largest absolute Gasteiger partial charge is 0.392 e. The lowest BCUT2D eigenvalue weighted by Gasteiger charge is -2.50. The Morgan fingerprint density at radius 3 is 2.87 bits per heavy atom. The van der Waals surface area contributed by atoms with E-state index in [0.29, 0.717) is 6.04 Å². The van der Waals surface area contributed by atoms with Crippen molar-refractivity contribution in [2.75, 3.05) is 0 Å². The van der Waals surface area contributed by atoms with Gasteiger partial charge in [-0.3, -0.25) is 0 Å². The van der Waals surface area contributed by atoms with Crippen LogP contribution in [0.2, 0.25) is 0 Å². The molecular formula is C11H19N3O. The van der Waals surface area contributed by atoms with Gasteiger partial charge in [0.2, 0.25) is 0 Å². The van der Waals surface area contributed by atoms with Gasteiger partial charge in [-0.25, -0.2) is 4.98 Å².